The third-order valence-electron chi connectivity index (χ3n) is 11.9. The number of nitrogens with one attached hydrogen (secondary N) is 1. The van der Waals surface area contributed by atoms with E-state index in [2.05, 4.69) is 31.3 Å². The molecular weight excluding hydrogens is 933 g/mol. The molecule has 3 aliphatic carbocycles. The first-order valence-corrected chi connectivity index (χ1v) is 23.0. The lowest BCUT2D eigenvalue weighted by molar-refractivity contribution is -0.137. The number of allylic oxidation sites excluding steroid dienone is 2. The van der Waals surface area contributed by atoms with E-state index in [-0.39, 0.29) is 53.6 Å². The van der Waals surface area contributed by atoms with Crippen LogP contribution in [0.15, 0.2) is 106 Å². The molecule has 1 aliphatic heterocycles. The minimum atomic E-state index is -4.65. The summed E-state index contributed by atoms with van der Waals surface area (Å²) < 4.78 is 95.3. The summed E-state index contributed by atoms with van der Waals surface area (Å²) in [5, 5.41) is 18.5. The Hall–Kier alpha value is -6.64. The Kier molecular flexibility index (Phi) is 12.6. The molecular formula is C48H41F6N7O5S2. The number of Topliss-reactive ketones (excluding diaryl/α,β-unsaturated/α-hetero) is 1. The van der Waals surface area contributed by atoms with Gasteiger partial charge in [0, 0.05) is 88.6 Å². The van der Waals surface area contributed by atoms with E-state index < -0.39 is 29.4 Å². The lowest BCUT2D eigenvalue weighted by atomic mass is 9.96. The molecule has 0 amide bonds. The van der Waals surface area contributed by atoms with Crippen molar-refractivity contribution in [3.8, 4) is 22.3 Å². The number of fused-ring (bicyclic) bond motifs is 2. The van der Waals surface area contributed by atoms with Gasteiger partial charge in [-0.2, -0.15) is 26.3 Å². The Morgan fingerprint density at radius 2 is 1.24 bits per heavy atom. The first-order chi connectivity index (χ1) is 32.2. The number of carboxylic acids is 1. The van der Waals surface area contributed by atoms with Crippen LogP contribution in [-0.2, 0) is 12.4 Å². The third kappa shape index (κ3) is 9.31. The van der Waals surface area contributed by atoms with E-state index >= 15 is 0 Å². The average Bonchev–Trinajstić information content (AvgIpc) is 3.96. The van der Waals surface area contributed by atoms with Gasteiger partial charge in [-0.15, -0.1) is 22.7 Å². The van der Waals surface area contributed by atoms with Crippen molar-refractivity contribution in [2.45, 2.75) is 70.1 Å². The van der Waals surface area contributed by atoms with E-state index in [9.17, 15) is 41.0 Å². The lowest BCUT2D eigenvalue weighted by Crippen LogP contribution is -2.14. The zero-order valence-electron chi connectivity index (χ0n) is 35.0. The first-order valence-electron chi connectivity index (χ1n) is 21.2. The summed E-state index contributed by atoms with van der Waals surface area (Å²) in [6.45, 7) is 1.97. The van der Waals surface area contributed by atoms with Crippen LogP contribution >= 0.6 is 22.7 Å². The number of hydrogen-bond donors (Lipinski definition) is 2. The molecule has 4 aliphatic rings. The monoisotopic (exact) mass is 973 g/mol. The minimum Gasteiger partial charge on any atom is -0.476 e. The number of hydrogen-bond acceptors (Lipinski definition) is 11. The van der Waals surface area contributed by atoms with Gasteiger partial charge in [0.25, 0.3) is 0 Å². The zero-order chi connectivity index (χ0) is 46.6. The van der Waals surface area contributed by atoms with Crippen molar-refractivity contribution in [1.29, 1.82) is 0 Å². The lowest BCUT2D eigenvalue weighted by Gasteiger charge is -2.12. The standard InChI is InChI=1S/C24H18F3N3O2S.C16H11F3N2O3.C7H8N2S.CH4/c25-24(26,27)18-10-17(16-5-7-32-12-16)11-30-20(13-1-2-13)19(29-22(18)30)21(31)14-3-4-15(9-14)23-28-6-8-33-23;17-16(18,19)11-5-10(9-3-4-24-7-9)6-21-13(8-1-2-8)12(15(22)23)20-14(11)21;1-2-8-5-6(1)7-9-3-4-10-7;/h4-8,10-14H,1-3,9H2;3-8H,1-2H2,(H,22,23);1,3-4,8H,2,5H2;1H4. The summed E-state index contributed by atoms with van der Waals surface area (Å²) >= 11 is 3.21. The number of carbonyl (C=O) groups excluding carboxylic acids is 1. The third-order valence-corrected chi connectivity index (χ3v) is 13.6. The molecule has 9 heterocycles. The number of nitrogens with zero attached hydrogens (tertiary/aromatic N) is 6. The number of aromatic carboxylic acids is 1. The molecule has 12 nitrogen and oxygen atoms in total. The number of rotatable bonds is 9. The minimum absolute atomic E-state index is 0. The molecule has 0 spiro atoms. The maximum atomic E-state index is 14.0. The molecule has 12 rings (SSSR count). The van der Waals surface area contributed by atoms with E-state index in [4.69, 9.17) is 8.83 Å². The van der Waals surface area contributed by atoms with Crippen molar-refractivity contribution in [3.05, 3.63) is 141 Å². The number of carboxylic acid groups (broad SMARTS) is 1. The first kappa shape index (κ1) is 46.5. The van der Waals surface area contributed by atoms with Crippen LogP contribution in [0.25, 0.3) is 44.7 Å². The van der Waals surface area contributed by atoms with Gasteiger partial charge in [-0.3, -0.25) is 4.79 Å². The number of aromatic nitrogens is 6. The van der Waals surface area contributed by atoms with Crippen molar-refractivity contribution >= 4 is 56.9 Å². The number of furan rings is 2. The Bertz CT molecular complexity index is 3160. The highest BCUT2D eigenvalue weighted by Crippen LogP contribution is 2.47. The van der Waals surface area contributed by atoms with Crippen molar-refractivity contribution in [2.24, 2.45) is 5.92 Å². The Labute approximate surface area is 391 Å². The molecule has 1 atom stereocenters. The predicted octanol–water partition coefficient (Wildman–Crippen LogP) is 12.6. The van der Waals surface area contributed by atoms with Crippen molar-refractivity contribution in [1.82, 2.24) is 34.1 Å². The smallest absolute Gasteiger partial charge is 0.420 e. The molecule has 0 saturated heterocycles. The van der Waals surface area contributed by atoms with Gasteiger partial charge in [0.15, 0.2) is 11.5 Å². The molecule has 2 fully saturated rings. The van der Waals surface area contributed by atoms with Gasteiger partial charge in [-0.05, 0) is 73.9 Å². The second-order valence-electron chi connectivity index (χ2n) is 16.5. The van der Waals surface area contributed by atoms with Crippen molar-refractivity contribution < 1.29 is 49.9 Å². The van der Waals surface area contributed by atoms with Gasteiger partial charge in [-0.25, -0.2) is 24.7 Å². The summed E-state index contributed by atoms with van der Waals surface area (Å²) in [5.41, 5.74) is 2.41. The molecule has 68 heavy (non-hydrogen) atoms. The number of ketones is 1. The molecule has 0 radical (unpaired) electrons. The van der Waals surface area contributed by atoms with Crippen LogP contribution in [-0.4, -0.2) is 58.7 Å². The van der Waals surface area contributed by atoms with Gasteiger partial charge in [0.1, 0.15) is 27.0 Å². The van der Waals surface area contributed by atoms with Crippen LogP contribution in [0.1, 0.15) is 111 Å². The van der Waals surface area contributed by atoms with E-state index in [1.807, 2.05) is 23.0 Å². The highest BCUT2D eigenvalue weighted by Gasteiger charge is 2.42. The number of imidazole rings is 2. The number of halogens is 6. The maximum absolute atomic E-state index is 14.0. The number of thiazole rings is 2. The quantitative estimate of drug-likeness (QED) is 0.106. The summed E-state index contributed by atoms with van der Waals surface area (Å²) in [4.78, 5) is 41.6. The molecule has 8 aromatic heterocycles. The Morgan fingerprint density at radius 3 is 1.66 bits per heavy atom. The molecule has 8 aromatic rings. The van der Waals surface area contributed by atoms with Gasteiger partial charge in [-0.1, -0.05) is 19.6 Å². The second-order valence-corrected chi connectivity index (χ2v) is 18.3. The van der Waals surface area contributed by atoms with E-state index in [0.29, 0.717) is 46.5 Å². The number of alkyl halides is 6. The average molecular weight is 974 g/mol. The van der Waals surface area contributed by atoms with Crippen LogP contribution in [0.4, 0.5) is 26.3 Å². The molecule has 2 saturated carbocycles. The summed E-state index contributed by atoms with van der Waals surface area (Å²) in [7, 11) is 0. The van der Waals surface area contributed by atoms with E-state index in [1.54, 1.807) is 35.9 Å². The van der Waals surface area contributed by atoms with Crippen LogP contribution in [0, 0.1) is 5.92 Å². The largest absolute Gasteiger partial charge is 0.476 e. The molecule has 1 unspecified atom stereocenters. The summed E-state index contributed by atoms with van der Waals surface area (Å²) in [5.74, 6) is -1.90. The van der Waals surface area contributed by atoms with Crippen molar-refractivity contribution in [3.63, 3.8) is 0 Å². The van der Waals surface area contributed by atoms with Crippen LogP contribution in [0.3, 0.4) is 0 Å². The van der Waals surface area contributed by atoms with Crippen LogP contribution in [0.2, 0.25) is 0 Å². The van der Waals surface area contributed by atoms with Gasteiger partial charge >= 0.3 is 18.3 Å². The van der Waals surface area contributed by atoms with E-state index in [0.717, 1.165) is 66.5 Å². The topological polar surface area (TPSA) is 153 Å². The molecule has 352 valence electrons. The molecule has 0 bridgehead atoms. The van der Waals surface area contributed by atoms with Crippen LogP contribution < -0.4 is 5.32 Å². The molecule has 20 heteroatoms. The number of pyridine rings is 2. The van der Waals surface area contributed by atoms with Gasteiger partial charge in [0.05, 0.1) is 47.6 Å². The fraction of sp³-hybridized carbons (Fsp3) is 0.292. The predicted molar refractivity (Wildman–Crippen MR) is 244 cm³/mol. The normalized spacial score (nSPS) is 17.0. The Morgan fingerprint density at radius 1 is 0.721 bits per heavy atom. The zero-order valence-corrected chi connectivity index (χ0v) is 36.6. The Balaban J connectivity index is 0.000000144. The highest BCUT2D eigenvalue weighted by molar-refractivity contribution is 7.11. The van der Waals surface area contributed by atoms with Gasteiger partial charge in [0.2, 0.25) is 0 Å². The number of carbonyl (C=O) groups is 2. The SMILES string of the molecule is C.C1=C(c2nccs2)CNC1.O=C(O)c1nc2c(C(F)(F)F)cc(-c3ccoc3)cn2c1C1CC1.O=C(c1nc2c(C(F)(F)F)cc(-c3ccoc3)cn2c1C1CC1)C1CC=C(c2nccs2)C1. The maximum Gasteiger partial charge on any atom is 0.420 e. The highest BCUT2D eigenvalue weighted by atomic mass is 32.1. The summed E-state index contributed by atoms with van der Waals surface area (Å²) in [6, 6.07) is 5.21. The van der Waals surface area contributed by atoms with E-state index in [1.165, 1.54) is 57.0 Å². The summed E-state index contributed by atoms with van der Waals surface area (Å²) in [6.07, 6.45) is 11.4. The van der Waals surface area contributed by atoms with Gasteiger partial charge < -0.3 is 28.1 Å². The molecule has 0 aromatic carbocycles. The molecule has 2 N–H and O–H groups in total. The second kappa shape index (κ2) is 18.5. The fourth-order valence-corrected chi connectivity index (χ4v) is 9.80. The van der Waals surface area contributed by atoms with Crippen molar-refractivity contribution in [2.75, 3.05) is 13.1 Å². The van der Waals surface area contributed by atoms with Crippen LogP contribution in [0.5, 0.6) is 0 Å². The fourth-order valence-electron chi connectivity index (χ4n) is 8.43.